The number of rotatable bonds is 6. The summed E-state index contributed by atoms with van der Waals surface area (Å²) in [5, 5.41) is 2.90. The zero-order valence-electron chi connectivity index (χ0n) is 12.2. The van der Waals surface area contributed by atoms with Gasteiger partial charge >= 0.3 is 6.01 Å². The number of aryl methyl sites for hydroxylation is 1. The molecule has 2 heterocycles. The van der Waals surface area contributed by atoms with Crippen LogP contribution in [0.25, 0.3) is 0 Å². The molecule has 0 fully saturated rings. The fourth-order valence-electron chi connectivity index (χ4n) is 1.70. The van der Waals surface area contributed by atoms with Crippen molar-refractivity contribution in [2.45, 2.75) is 20.4 Å². The van der Waals surface area contributed by atoms with Crippen LogP contribution in [0.3, 0.4) is 0 Å². The fraction of sp³-hybridized carbons (Fsp3) is 0.462. The van der Waals surface area contributed by atoms with Gasteiger partial charge < -0.3 is 19.4 Å². The summed E-state index contributed by atoms with van der Waals surface area (Å²) < 4.78 is 10.9. The lowest BCUT2D eigenvalue weighted by molar-refractivity contribution is 0.312. The summed E-state index contributed by atoms with van der Waals surface area (Å²) in [7, 11) is 3.65. The Hall–Kier alpha value is -2.31. The Morgan fingerprint density at radius 3 is 2.70 bits per heavy atom. The number of nitrogens with one attached hydrogen (secondary N) is 1. The fourth-order valence-corrected chi connectivity index (χ4v) is 1.70. The lowest BCUT2D eigenvalue weighted by Crippen LogP contribution is -2.20. The van der Waals surface area contributed by atoms with Crippen LogP contribution in [0.4, 0.5) is 11.9 Å². The van der Waals surface area contributed by atoms with E-state index in [9.17, 15) is 0 Å². The van der Waals surface area contributed by atoms with Gasteiger partial charge in [0.2, 0.25) is 11.9 Å². The molecule has 0 saturated carbocycles. The van der Waals surface area contributed by atoms with Crippen molar-refractivity contribution >= 4 is 11.9 Å². The highest BCUT2D eigenvalue weighted by molar-refractivity contribution is 5.37. The maximum Gasteiger partial charge on any atom is 0.323 e. The Morgan fingerprint density at radius 2 is 2.10 bits per heavy atom. The van der Waals surface area contributed by atoms with Crippen LogP contribution in [0, 0.1) is 6.92 Å². The normalized spacial score (nSPS) is 10.4. The summed E-state index contributed by atoms with van der Waals surface area (Å²) in [4.78, 5) is 14.6. The standard InChI is InChI=1S/C13H19N5O2/c1-5-19-13-16-11(14-3)15-12(17-13)18(4)8-10-7-6-9(2)20-10/h6-7H,5,8H2,1-4H3,(H,14,15,16,17). The van der Waals surface area contributed by atoms with Gasteiger partial charge in [0.25, 0.3) is 0 Å². The van der Waals surface area contributed by atoms with Crippen molar-refractivity contribution in [3.8, 4) is 6.01 Å². The van der Waals surface area contributed by atoms with Crippen molar-refractivity contribution in [3.63, 3.8) is 0 Å². The first-order chi connectivity index (χ1) is 9.62. The van der Waals surface area contributed by atoms with Crippen molar-refractivity contribution in [1.82, 2.24) is 15.0 Å². The molecule has 7 nitrogen and oxygen atoms in total. The number of nitrogens with zero attached hydrogens (tertiary/aromatic N) is 4. The van der Waals surface area contributed by atoms with Gasteiger partial charge in [-0.1, -0.05) is 0 Å². The Bertz CT molecular complexity index is 570. The molecule has 0 aliphatic heterocycles. The highest BCUT2D eigenvalue weighted by Gasteiger charge is 2.12. The summed E-state index contributed by atoms with van der Waals surface area (Å²) in [6, 6.07) is 4.18. The average Bonchev–Trinajstić information content (AvgIpc) is 2.84. The molecule has 0 aromatic carbocycles. The van der Waals surface area contributed by atoms with Crippen LogP contribution in [-0.4, -0.2) is 35.7 Å². The molecule has 0 aliphatic rings. The predicted octanol–water partition coefficient (Wildman–Crippen LogP) is 1.85. The van der Waals surface area contributed by atoms with Gasteiger partial charge in [-0.15, -0.1) is 0 Å². The van der Waals surface area contributed by atoms with Gasteiger partial charge in [-0.3, -0.25) is 0 Å². The minimum absolute atomic E-state index is 0.310. The first kappa shape index (κ1) is 14.1. The molecule has 20 heavy (non-hydrogen) atoms. The minimum atomic E-state index is 0.310. The van der Waals surface area contributed by atoms with Crippen LogP contribution < -0.4 is 15.0 Å². The quantitative estimate of drug-likeness (QED) is 0.863. The lowest BCUT2D eigenvalue weighted by atomic mass is 10.4. The van der Waals surface area contributed by atoms with Gasteiger partial charge in [0.15, 0.2) is 0 Å². The molecule has 0 amide bonds. The molecule has 0 saturated heterocycles. The zero-order chi connectivity index (χ0) is 14.5. The molecule has 0 bridgehead atoms. The molecule has 2 aromatic rings. The Morgan fingerprint density at radius 1 is 1.30 bits per heavy atom. The number of aromatic nitrogens is 3. The van der Waals surface area contributed by atoms with Gasteiger partial charge in [-0.05, 0) is 26.0 Å². The minimum Gasteiger partial charge on any atom is -0.464 e. The second-order valence-corrected chi connectivity index (χ2v) is 4.29. The first-order valence-corrected chi connectivity index (χ1v) is 6.45. The molecule has 0 atom stereocenters. The van der Waals surface area contributed by atoms with Gasteiger partial charge in [0.1, 0.15) is 11.5 Å². The largest absolute Gasteiger partial charge is 0.464 e. The van der Waals surface area contributed by atoms with Gasteiger partial charge in [-0.2, -0.15) is 15.0 Å². The molecule has 0 spiro atoms. The highest BCUT2D eigenvalue weighted by Crippen LogP contribution is 2.16. The SMILES string of the molecule is CCOc1nc(NC)nc(N(C)Cc2ccc(C)o2)n1. The predicted molar refractivity (Wildman–Crippen MR) is 76.1 cm³/mol. The Labute approximate surface area is 118 Å². The van der Waals surface area contributed by atoms with E-state index in [0.29, 0.717) is 31.1 Å². The third-order valence-corrected chi connectivity index (χ3v) is 2.63. The van der Waals surface area contributed by atoms with Crippen LogP contribution in [0.1, 0.15) is 18.4 Å². The lowest BCUT2D eigenvalue weighted by Gasteiger charge is -2.16. The molecule has 0 aliphatic carbocycles. The summed E-state index contributed by atoms with van der Waals surface area (Å²) in [5.41, 5.74) is 0. The molecule has 0 radical (unpaired) electrons. The molecule has 0 unspecified atom stereocenters. The second-order valence-electron chi connectivity index (χ2n) is 4.29. The van der Waals surface area contributed by atoms with Crippen LogP contribution in [0.5, 0.6) is 6.01 Å². The zero-order valence-corrected chi connectivity index (χ0v) is 12.2. The van der Waals surface area contributed by atoms with Crippen LogP contribution >= 0.6 is 0 Å². The number of hydrogen-bond donors (Lipinski definition) is 1. The van der Waals surface area contributed by atoms with E-state index in [1.165, 1.54) is 0 Å². The number of hydrogen-bond acceptors (Lipinski definition) is 7. The van der Waals surface area contributed by atoms with Crippen LogP contribution in [-0.2, 0) is 6.54 Å². The van der Waals surface area contributed by atoms with Crippen molar-refractivity contribution in [2.75, 3.05) is 30.9 Å². The van der Waals surface area contributed by atoms with E-state index in [1.54, 1.807) is 7.05 Å². The monoisotopic (exact) mass is 277 g/mol. The van der Waals surface area contributed by atoms with Crippen molar-refractivity contribution in [3.05, 3.63) is 23.7 Å². The van der Waals surface area contributed by atoms with E-state index in [-0.39, 0.29) is 0 Å². The van der Waals surface area contributed by atoms with E-state index < -0.39 is 0 Å². The smallest absolute Gasteiger partial charge is 0.323 e. The number of ether oxygens (including phenoxy) is 1. The molecular weight excluding hydrogens is 258 g/mol. The van der Waals surface area contributed by atoms with Gasteiger partial charge in [-0.25, -0.2) is 0 Å². The molecule has 108 valence electrons. The van der Waals surface area contributed by atoms with E-state index in [0.717, 1.165) is 11.5 Å². The molecule has 2 rings (SSSR count). The number of furan rings is 1. The molecule has 1 N–H and O–H groups in total. The molecular formula is C13H19N5O2. The van der Waals surface area contributed by atoms with E-state index in [4.69, 9.17) is 9.15 Å². The number of anilines is 2. The van der Waals surface area contributed by atoms with E-state index >= 15 is 0 Å². The summed E-state index contributed by atoms with van der Waals surface area (Å²) in [6.07, 6.45) is 0. The van der Waals surface area contributed by atoms with Gasteiger partial charge in [0, 0.05) is 14.1 Å². The summed E-state index contributed by atoms with van der Waals surface area (Å²) in [5.74, 6) is 2.74. The van der Waals surface area contributed by atoms with E-state index in [2.05, 4.69) is 20.3 Å². The molecule has 2 aromatic heterocycles. The Kier molecular flexibility index (Phi) is 4.39. The van der Waals surface area contributed by atoms with Crippen molar-refractivity contribution < 1.29 is 9.15 Å². The van der Waals surface area contributed by atoms with Crippen LogP contribution in [0.2, 0.25) is 0 Å². The summed E-state index contributed by atoms with van der Waals surface area (Å²) in [6.45, 7) is 4.89. The third kappa shape index (κ3) is 3.37. The maximum atomic E-state index is 5.55. The third-order valence-electron chi connectivity index (χ3n) is 2.63. The molecule has 7 heteroatoms. The topological polar surface area (TPSA) is 76.3 Å². The highest BCUT2D eigenvalue weighted by atomic mass is 16.5. The van der Waals surface area contributed by atoms with Crippen molar-refractivity contribution in [1.29, 1.82) is 0 Å². The van der Waals surface area contributed by atoms with Gasteiger partial charge in [0.05, 0.1) is 13.2 Å². The van der Waals surface area contributed by atoms with Crippen molar-refractivity contribution in [2.24, 2.45) is 0 Å². The average molecular weight is 277 g/mol. The maximum absolute atomic E-state index is 5.55. The first-order valence-electron chi connectivity index (χ1n) is 6.45. The Balaban J connectivity index is 2.19. The second kappa shape index (κ2) is 6.23. The van der Waals surface area contributed by atoms with Crippen LogP contribution in [0.15, 0.2) is 16.5 Å². The van der Waals surface area contributed by atoms with E-state index in [1.807, 2.05) is 37.9 Å². The summed E-state index contributed by atoms with van der Waals surface area (Å²) >= 11 is 0.